The molecule has 0 amide bonds. The molecule has 5 atom stereocenters. The molecule has 2 aliphatic carbocycles. The van der Waals surface area contributed by atoms with Gasteiger partial charge in [0.25, 0.3) is 0 Å². The van der Waals surface area contributed by atoms with Gasteiger partial charge in [-0.2, -0.15) is 0 Å². The third-order valence-electron chi connectivity index (χ3n) is 5.29. The Morgan fingerprint density at radius 1 is 1.32 bits per heavy atom. The van der Waals surface area contributed by atoms with Crippen LogP contribution in [-0.4, -0.2) is 30.1 Å². The number of hydrogen-bond donors (Lipinski definition) is 1. The fraction of sp³-hybridized carbons (Fsp3) is 0.533. The number of nitrogens with zero attached hydrogens (tertiary/aromatic N) is 1. The fourth-order valence-corrected chi connectivity index (χ4v) is 4.72. The van der Waals surface area contributed by atoms with Crippen molar-refractivity contribution in [1.82, 2.24) is 0 Å². The Hall–Kier alpha value is -1.06. The molecule has 5 unspecified atom stereocenters. The molecule has 2 saturated carbocycles. The number of carbonyl (C=O) groups is 1. The molecule has 1 aromatic rings. The van der Waals surface area contributed by atoms with Gasteiger partial charge in [0.2, 0.25) is 0 Å². The second kappa shape index (κ2) is 3.97. The van der Waals surface area contributed by atoms with Crippen molar-refractivity contribution in [2.24, 2.45) is 17.8 Å². The van der Waals surface area contributed by atoms with E-state index >= 15 is 0 Å². The van der Waals surface area contributed by atoms with Crippen LogP contribution in [0.2, 0.25) is 5.02 Å². The summed E-state index contributed by atoms with van der Waals surface area (Å²) in [5.74, 6) is 1.86. The third-order valence-corrected chi connectivity index (χ3v) is 5.62. The highest BCUT2D eigenvalue weighted by Crippen LogP contribution is 2.55. The maximum absolute atomic E-state index is 10.8. The summed E-state index contributed by atoms with van der Waals surface area (Å²) in [6.45, 7) is 1.01. The Morgan fingerprint density at radius 2 is 2.16 bits per heavy atom. The minimum absolute atomic E-state index is 0.201. The van der Waals surface area contributed by atoms with Gasteiger partial charge in [0.1, 0.15) is 0 Å². The van der Waals surface area contributed by atoms with Gasteiger partial charge in [-0.1, -0.05) is 11.6 Å². The quantitative estimate of drug-likeness (QED) is 0.844. The minimum Gasteiger partial charge on any atom is -0.391 e. The molecule has 3 fully saturated rings. The molecule has 0 radical (unpaired) electrons. The average molecular weight is 278 g/mol. The van der Waals surface area contributed by atoms with Crippen LogP contribution in [0.1, 0.15) is 23.2 Å². The Morgan fingerprint density at radius 3 is 2.84 bits per heavy atom. The molecule has 19 heavy (non-hydrogen) atoms. The van der Waals surface area contributed by atoms with Crippen molar-refractivity contribution in [3.63, 3.8) is 0 Å². The highest BCUT2D eigenvalue weighted by Gasteiger charge is 2.58. The number of aliphatic hydroxyl groups excluding tert-OH is 1. The Labute approximate surface area is 117 Å². The summed E-state index contributed by atoms with van der Waals surface area (Å²) in [4.78, 5) is 13.1. The molecule has 100 valence electrons. The molecule has 1 N–H and O–H groups in total. The van der Waals surface area contributed by atoms with Crippen LogP contribution in [0.15, 0.2) is 18.2 Å². The molecule has 0 aromatic heterocycles. The lowest BCUT2D eigenvalue weighted by Crippen LogP contribution is -2.40. The first-order valence-electron chi connectivity index (χ1n) is 6.88. The van der Waals surface area contributed by atoms with E-state index in [1.807, 2.05) is 12.1 Å². The molecule has 1 saturated heterocycles. The van der Waals surface area contributed by atoms with E-state index in [9.17, 15) is 9.90 Å². The van der Waals surface area contributed by atoms with Crippen LogP contribution in [0.4, 0.5) is 5.69 Å². The van der Waals surface area contributed by atoms with E-state index in [1.54, 1.807) is 6.07 Å². The molecule has 4 rings (SSSR count). The van der Waals surface area contributed by atoms with E-state index in [2.05, 4.69) is 4.90 Å². The lowest BCUT2D eigenvalue weighted by Gasteiger charge is -2.30. The first-order chi connectivity index (χ1) is 9.19. The van der Waals surface area contributed by atoms with E-state index in [0.717, 1.165) is 24.4 Å². The zero-order valence-electron chi connectivity index (χ0n) is 10.5. The number of rotatable bonds is 2. The number of fused-ring (bicyclic) bond motifs is 1. The van der Waals surface area contributed by atoms with Gasteiger partial charge in [0, 0.05) is 17.8 Å². The summed E-state index contributed by atoms with van der Waals surface area (Å²) in [6, 6.07) is 5.82. The van der Waals surface area contributed by atoms with Gasteiger partial charge in [-0.05, 0) is 48.8 Å². The molecule has 1 aromatic carbocycles. The van der Waals surface area contributed by atoms with Crippen molar-refractivity contribution in [2.75, 3.05) is 11.4 Å². The van der Waals surface area contributed by atoms with Crippen LogP contribution in [0, 0.1) is 17.8 Å². The lowest BCUT2D eigenvalue weighted by atomic mass is 9.88. The van der Waals surface area contributed by atoms with Crippen molar-refractivity contribution in [1.29, 1.82) is 0 Å². The maximum atomic E-state index is 10.8. The number of hydrogen-bond acceptors (Lipinski definition) is 3. The zero-order chi connectivity index (χ0) is 13.1. The van der Waals surface area contributed by atoms with Crippen LogP contribution in [0.3, 0.4) is 0 Å². The number of aliphatic hydroxyl groups is 1. The number of aldehydes is 1. The molecule has 1 aliphatic heterocycles. The minimum atomic E-state index is -0.201. The van der Waals surface area contributed by atoms with Gasteiger partial charge < -0.3 is 10.0 Å². The lowest BCUT2D eigenvalue weighted by molar-refractivity contribution is 0.0966. The number of anilines is 1. The van der Waals surface area contributed by atoms with Crippen molar-refractivity contribution in [3.05, 3.63) is 28.8 Å². The summed E-state index contributed by atoms with van der Waals surface area (Å²) in [5, 5.41) is 10.9. The molecule has 2 bridgehead atoms. The second-order valence-corrected chi connectivity index (χ2v) is 6.52. The van der Waals surface area contributed by atoms with E-state index in [-0.39, 0.29) is 12.1 Å². The SMILES string of the molecule is O=Cc1ccc(N2CC3CC4CC3C2C4O)cc1Cl. The van der Waals surface area contributed by atoms with Crippen molar-refractivity contribution < 1.29 is 9.90 Å². The van der Waals surface area contributed by atoms with Crippen LogP contribution in [0.5, 0.6) is 0 Å². The molecular weight excluding hydrogens is 262 g/mol. The number of benzene rings is 1. The highest BCUT2D eigenvalue weighted by atomic mass is 35.5. The van der Waals surface area contributed by atoms with Crippen molar-refractivity contribution in [3.8, 4) is 0 Å². The number of halogens is 1. The van der Waals surface area contributed by atoms with E-state index in [1.165, 1.54) is 12.8 Å². The predicted octanol–water partition coefficient (Wildman–Crippen LogP) is 2.36. The van der Waals surface area contributed by atoms with Crippen molar-refractivity contribution in [2.45, 2.75) is 25.0 Å². The van der Waals surface area contributed by atoms with Crippen LogP contribution >= 0.6 is 11.6 Å². The summed E-state index contributed by atoms with van der Waals surface area (Å²) in [6.07, 6.45) is 2.92. The van der Waals surface area contributed by atoms with Crippen LogP contribution in [-0.2, 0) is 0 Å². The molecule has 3 aliphatic rings. The van der Waals surface area contributed by atoms with E-state index in [0.29, 0.717) is 22.4 Å². The Balaban J connectivity index is 1.70. The molecular formula is C15H16ClNO2. The first-order valence-corrected chi connectivity index (χ1v) is 7.26. The Kier molecular flexibility index (Phi) is 2.45. The zero-order valence-corrected chi connectivity index (χ0v) is 11.3. The normalized spacial score (nSPS) is 39.1. The average Bonchev–Trinajstić information content (AvgIpc) is 2.99. The molecule has 1 heterocycles. The summed E-state index contributed by atoms with van der Waals surface area (Å²) in [5.41, 5.74) is 1.56. The highest BCUT2D eigenvalue weighted by molar-refractivity contribution is 6.33. The van der Waals surface area contributed by atoms with Gasteiger partial charge in [0.05, 0.1) is 17.2 Å². The monoisotopic (exact) mass is 277 g/mol. The first kappa shape index (κ1) is 11.7. The van der Waals surface area contributed by atoms with Gasteiger partial charge in [-0.25, -0.2) is 0 Å². The summed E-state index contributed by atoms with van der Waals surface area (Å²) >= 11 is 6.11. The summed E-state index contributed by atoms with van der Waals surface area (Å²) in [7, 11) is 0. The van der Waals surface area contributed by atoms with Crippen LogP contribution in [0.25, 0.3) is 0 Å². The van der Waals surface area contributed by atoms with E-state index < -0.39 is 0 Å². The van der Waals surface area contributed by atoms with Crippen LogP contribution < -0.4 is 4.90 Å². The van der Waals surface area contributed by atoms with Crippen molar-refractivity contribution >= 4 is 23.6 Å². The van der Waals surface area contributed by atoms with Gasteiger partial charge in [0.15, 0.2) is 6.29 Å². The third kappa shape index (κ3) is 1.52. The number of carbonyl (C=O) groups excluding carboxylic acids is 1. The standard InChI is InChI=1S/C15H16ClNO2/c16-13-5-11(2-1-8(13)7-18)17-6-10-3-9-4-12(10)14(17)15(9)19/h1-2,5,7,9-10,12,14-15,19H,3-4,6H2. The van der Waals surface area contributed by atoms with E-state index in [4.69, 9.17) is 11.6 Å². The molecule has 0 spiro atoms. The smallest absolute Gasteiger partial charge is 0.151 e. The van der Waals surface area contributed by atoms with Gasteiger partial charge in [-0.15, -0.1) is 0 Å². The fourth-order valence-electron chi connectivity index (χ4n) is 4.50. The maximum Gasteiger partial charge on any atom is 0.151 e. The topological polar surface area (TPSA) is 40.5 Å². The second-order valence-electron chi connectivity index (χ2n) is 6.11. The molecule has 4 heteroatoms. The summed E-state index contributed by atoms with van der Waals surface area (Å²) < 4.78 is 0. The van der Waals surface area contributed by atoms with Gasteiger partial charge >= 0.3 is 0 Å². The predicted molar refractivity (Wildman–Crippen MR) is 73.7 cm³/mol. The van der Waals surface area contributed by atoms with Gasteiger partial charge in [-0.3, -0.25) is 4.79 Å². The molecule has 3 nitrogen and oxygen atoms in total. The Bertz CT molecular complexity index is 545. The largest absolute Gasteiger partial charge is 0.391 e.